The number of carbonyl (C=O) groups is 1. The van der Waals surface area contributed by atoms with E-state index in [1.54, 1.807) is 0 Å². The van der Waals surface area contributed by atoms with Crippen LogP contribution in [0.4, 0.5) is 0 Å². The van der Waals surface area contributed by atoms with Crippen LogP contribution in [0.5, 0.6) is 0 Å². The minimum atomic E-state index is -3.79. The Bertz CT molecular complexity index is 288. The van der Waals surface area contributed by atoms with E-state index in [2.05, 4.69) is 9.46 Å². The molecule has 3 N–H and O–H groups in total. The van der Waals surface area contributed by atoms with Gasteiger partial charge in [0.2, 0.25) is 10.0 Å². The van der Waals surface area contributed by atoms with Gasteiger partial charge in [0.15, 0.2) is 5.75 Å². The van der Waals surface area contributed by atoms with Crippen molar-refractivity contribution in [2.75, 3.05) is 26.0 Å². The van der Waals surface area contributed by atoms with Crippen molar-refractivity contribution in [2.24, 2.45) is 0 Å². The van der Waals surface area contributed by atoms with E-state index in [1.807, 2.05) is 0 Å². The first-order chi connectivity index (χ1) is 6.87. The molecule has 0 aliphatic carbocycles. The number of aliphatic hydroxyl groups is 1. The Balaban J connectivity index is 3.80. The second kappa shape index (κ2) is 6.72. The molecule has 8 heteroatoms. The van der Waals surface area contributed by atoms with E-state index in [-0.39, 0.29) is 19.6 Å². The van der Waals surface area contributed by atoms with Crippen LogP contribution in [-0.4, -0.2) is 56.7 Å². The van der Waals surface area contributed by atoms with Crippen molar-refractivity contribution in [1.82, 2.24) is 4.72 Å². The molecule has 0 saturated carbocycles. The third-order valence-corrected chi connectivity index (χ3v) is 2.74. The third-order valence-electron chi connectivity index (χ3n) is 1.47. The molecule has 0 fully saturated rings. The lowest BCUT2D eigenvalue weighted by molar-refractivity contribution is -0.134. The van der Waals surface area contributed by atoms with Crippen molar-refractivity contribution >= 4 is 16.0 Å². The van der Waals surface area contributed by atoms with Crippen LogP contribution in [0.15, 0.2) is 0 Å². The van der Waals surface area contributed by atoms with Crippen molar-refractivity contribution < 1.29 is 28.2 Å². The van der Waals surface area contributed by atoms with Gasteiger partial charge in [-0.1, -0.05) is 0 Å². The molecule has 0 aromatic rings. The Morgan fingerprint density at radius 1 is 1.53 bits per heavy atom. The molecule has 90 valence electrons. The quantitative estimate of drug-likeness (QED) is 0.471. The molecule has 0 radical (unpaired) electrons. The number of nitrogens with one attached hydrogen (secondary N) is 1. The molecule has 0 bridgehead atoms. The third kappa shape index (κ3) is 8.30. The van der Waals surface area contributed by atoms with Crippen molar-refractivity contribution in [2.45, 2.75) is 12.5 Å². The standard InChI is InChI=1S/C7H15NO6S/c1-14-4-6(9)2-3-8-15(12,13)5-7(10)11/h6,8-9H,2-5H2,1H3,(H,10,11). The molecule has 0 spiro atoms. The summed E-state index contributed by atoms with van der Waals surface area (Å²) in [5, 5.41) is 17.4. The van der Waals surface area contributed by atoms with Gasteiger partial charge < -0.3 is 14.9 Å². The Hall–Kier alpha value is -0.700. The molecule has 1 unspecified atom stereocenters. The molecule has 0 heterocycles. The van der Waals surface area contributed by atoms with Crippen LogP contribution in [0.1, 0.15) is 6.42 Å². The summed E-state index contributed by atoms with van der Waals surface area (Å²) < 4.78 is 28.6. The van der Waals surface area contributed by atoms with Crippen LogP contribution in [0.25, 0.3) is 0 Å². The molecule has 0 saturated heterocycles. The highest BCUT2D eigenvalue weighted by Crippen LogP contribution is 1.92. The molecule has 1 atom stereocenters. The number of carboxylic acid groups (broad SMARTS) is 1. The van der Waals surface area contributed by atoms with Crippen LogP contribution in [0.3, 0.4) is 0 Å². The average molecular weight is 241 g/mol. The number of methoxy groups -OCH3 is 1. The largest absolute Gasteiger partial charge is 0.480 e. The predicted molar refractivity (Wildman–Crippen MR) is 51.9 cm³/mol. The summed E-state index contributed by atoms with van der Waals surface area (Å²) in [5.74, 6) is -2.38. The number of hydrogen-bond acceptors (Lipinski definition) is 5. The average Bonchev–Trinajstić information content (AvgIpc) is 2.01. The summed E-state index contributed by atoms with van der Waals surface area (Å²) in [4.78, 5) is 10.1. The highest BCUT2D eigenvalue weighted by atomic mass is 32.2. The van der Waals surface area contributed by atoms with Gasteiger partial charge in [-0.15, -0.1) is 0 Å². The summed E-state index contributed by atoms with van der Waals surface area (Å²) in [6.45, 7) is 0.0980. The Kier molecular flexibility index (Phi) is 6.41. The molecule has 0 aromatic heterocycles. The Morgan fingerprint density at radius 2 is 2.13 bits per heavy atom. The van der Waals surface area contributed by atoms with Gasteiger partial charge in [-0.05, 0) is 6.42 Å². The fourth-order valence-corrected chi connectivity index (χ4v) is 1.73. The van der Waals surface area contributed by atoms with Gasteiger partial charge in [-0.25, -0.2) is 13.1 Å². The predicted octanol–water partition coefficient (Wildman–Crippen LogP) is -1.61. The molecule has 0 aliphatic rings. The first kappa shape index (κ1) is 14.3. The molecule has 0 aliphatic heterocycles. The van der Waals surface area contributed by atoms with Gasteiger partial charge in [0, 0.05) is 13.7 Å². The molecular weight excluding hydrogens is 226 g/mol. The zero-order valence-electron chi connectivity index (χ0n) is 8.34. The number of carboxylic acids is 1. The summed E-state index contributed by atoms with van der Waals surface area (Å²) in [6.07, 6.45) is -0.588. The summed E-state index contributed by atoms with van der Waals surface area (Å²) >= 11 is 0. The minimum absolute atomic E-state index is 0.0137. The van der Waals surface area contributed by atoms with E-state index in [9.17, 15) is 13.2 Å². The fraction of sp³-hybridized carbons (Fsp3) is 0.857. The molecule has 15 heavy (non-hydrogen) atoms. The van der Waals surface area contributed by atoms with Crippen molar-refractivity contribution in [3.8, 4) is 0 Å². The Morgan fingerprint density at radius 3 is 2.60 bits per heavy atom. The maximum absolute atomic E-state index is 11.0. The number of ether oxygens (including phenoxy) is 1. The monoisotopic (exact) mass is 241 g/mol. The normalized spacial score (nSPS) is 13.7. The molecule has 0 aromatic carbocycles. The highest BCUT2D eigenvalue weighted by molar-refractivity contribution is 7.90. The van der Waals surface area contributed by atoms with Gasteiger partial charge >= 0.3 is 5.97 Å². The fourth-order valence-electron chi connectivity index (χ4n) is 0.870. The zero-order valence-corrected chi connectivity index (χ0v) is 9.16. The Labute approximate surface area is 88.1 Å². The van der Waals surface area contributed by atoms with Crippen molar-refractivity contribution in [3.05, 3.63) is 0 Å². The maximum atomic E-state index is 11.0. The SMILES string of the molecule is COCC(O)CCNS(=O)(=O)CC(=O)O. The summed E-state index contributed by atoms with van der Waals surface area (Å²) in [7, 11) is -2.38. The van der Waals surface area contributed by atoms with Crippen LogP contribution in [-0.2, 0) is 19.6 Å². The van der Waals surface area contributed by atoms with Gasteiger partial charge in [0.1, 0.15) is 0 Å². The number of hydrogen-bond donors (Lipinski definition) is 3. The van der Waals surface area contributed by atoms with Crippen LogP contribution in [0, 0.1) is 0 Å². The van der Waals surface area contributed by atoms with Crippen molar-refractivity contribution in [1.29, 1.82) is 0 Å². The van der Waals surface area contributed by atoms with E-state index in [1.165, 1.54) is 7.11 Å². The maximum Gasteiger partial charge on any atom is 0.320 e. The lowest BCUT2D eigenvalue weighted by atomic mass is 10.3. The van der Waals surface area contributed by atoms with E-state index >= 15 is 0 Å². The molecular formula is C7H15NO6S. The molecule has 0 rings (SSSR count). The van der Waals surface area contributed by atoms with E-state index < -0.39 is 27.8 Å². The van der Waals surface area contributed by atoms with E-state index in [4.69, 9.17) is 10.2 Å². The number of sulfonamides is 1. The van der Waals surface area contributed by atoms with Gasteiger partial charge in [-0.3, -0.25) is 4.79 Å². The number of rotatable bonds is 8. The van der Waals surface area contributed by atoms with Crippen LogP contribution in [0.2, 0.25) is 0 Å². The summed E-state index contributed by atoms with van der Waals surface area (Å²) in [5.41, 5.74) is 0. The van der Waals surface area contributed by atoms with E-state index in [0.717, 1.165) is 0 Å². The minimum Gasteiger partial charge on any atom is -0.480 e. The lowest BCUT2D eigenvalue weighted by Gasteiger charge is -2.09. The smallest absolute Gasteiger partial charge is 0.320 e. The van der Waals surface area contributed by atoms with Gasteiger partial charge in [-0.2, -0.15) is 0 Å². The van der Waals surface area contributed by atoms with Gasteiger partial charge in [0.25, 0.3) is 0 Å². The summed E-state index contributed by atoms with van der Waals surface area (Å²) in [6, 6.07) is 0. The van der Waals surface area contributed by atoms with Crippen LogP contribution < -0.4 is 4.72 Å². The second-order valence-corrected chi connectivity index (χ2v) is 4.75. The number of aliphatic carboxylic acids is 1. The van der Waals surface area contributed by atoms with Crippen molar-refractivity contribution in [3.63, 3.8) is 0 Å². The molecule has 0 amide bonds. The molecule has 7 nitrogen and oxygen atoms in total. The van der Waals surface area contributed by atoms with Crippen LogP contribution >= 0.6 is 0 Å². The number of aliphatic hydroxyl groups excluding tert-OH is 1. The van der Waals surface area contributed by atoms with Gasteiger partial charge in [0.05, 0.1) is 12.7 Å². The zero-order chi connectivity index (χ0) is 11.9. The lowest BCUT2D eigenvalue weighted by Crippen LogP contribution is -2.32. The van der Waals surface area contributed by atoms with E-state index in [0.29, 0.717) is 0 Å². The second-order valence-electron chi connectivity index (χ2n) is 2.95. The topological polar surface area (TPSA) is 113 Å². The first-order valence-electron chi connectivity index (χ1n) is 4.23. The highest BCUT2D eigenvalue weighted by Gasteiger charge is 2.15. The first-order valence-corrected chi connectivity index (χ1v) is 5.88.